The van der Waals surface area contributed by atoms with Crippen LogP contribution in [0.5, 0.6) is 0 Å². The Bertz CT molecular complexity index is 532. The number of carboxylic acids is 1. The molecule has 0 bridgehead atoms. The minimum absolute atomic E-state index is 0.110. The first-order valence-corrected chi connectivity index (χ1v) is 8.31. The van der Waals surface area contributed by atoms with E-state index in [9.17, 15) is 35.1 Å². The maximum absolute atomic E-state index is 11.4. The van der Waals surface area contributed by atoms with Crippen molar-refractivity contribution in [2.75, 3.05) is 20.3 Å². The van der Waals surface area contributed by atoms with Crippen molar-refractivity contribution in [3.05, 3.63) is 0 Å². The predicted molar refractivity (Wildman–Crippen MR) is 84.4 cm³/mol. The molecule has 1 amide bonds. The Labute approximate surface area is 154 Å². The first kappa shape index (κ1) is 21.9. The Hall–Kier alpha value is -1.38. The average molecular weight is 395 g/mol. The van der Waals surface area contributed by atoms with Gasteiger partial charge in [0.2, 0.25) is 5.91 Å². The molecule has 0 spiro atoms. The molecule has 0 aliphatic carbocycles. The summed E-state index contributed by atoms with van der Waals surface area (Å²) in [6.45, 7) is 0.593. The van der Waals surface area contributed by atoms with Gasteiger partial charge < -0.3 is 49.8 Å². The fraction of sp³-hybridized carbons (Fsp3) is 0.867. The molecule has 12 nitrogen and oxygen atoms in total. The summed E-state index contributed by atoms with van der Waals surface area (Å²) in [4.78, 5) is 22.8. The number of hydrogen-bond acceptors (Lipinski definition) is 10. The number of aliphatic carboxylic acids is 1. The van der Waals surface area contributed by atoms with Crippen LogP contribution >= 0.6 is 0 Å². The summed E-state index contributed by atoms with van der Waals surface area (Å²) in [6.07, 6.45) is -11.6. The molecular weight excluding hydrogens is 370 g/mol. The van der Waals surface area contributed by atoms with E-state index in [-0.39, 0.29) is 6.61 Å². The van der Waals surface area contributed by atoms with Gasteiger partial charge in [0.1, 0.15) is 36.6 Å². The number of hydrogen-bond donors (Lipinski definition) is 6. The minimum atomic E-state index is -1.69. The van der Waals surface area contributed by atoms with Crippen molar-refractivity contribution < 1.29 is 54.1 Å². The van der Waals surface area contributed by atoms with E-state index in [2.05, 4.69) is 5.32 Å². The molecule has 0 aromatic heterocycles. The van der Waals surface area contributed by atoms with Crippen LogP contribution in [0, 0.1) is 0 Å². The zero-order valence-electron chi connectivity index (χ0n) is 14.8. The van der Waals surface area contributed by atoms with Crippen molar-refractivity contribution in [3.8, 4) is 0 Å². The lowest BCUT2D eigenvalue weighted by Gasteiger charge is -2.45. The van der Waals surface area contributed by atoms with Gasteiger partial charge in [-0.25, -0.2) is 4.79 Å². The summed E-state index contributed by atoms with van der Waals surface area (Å²) in [5.74, 6) is -1.89. The number of amides is 1. The SMILES string of the molecule is COC1C(C(=O)O)OC(OC2C(O)C(CO)OC[C@H]2NC(C)=O)C(O)C1O. The maximum atomic E-state index is 11.4. The van der Waals surface area contributed by atoms with Crippen LogP contribution in [0.25, 0.3) is 0 Å². The summed E-state index contributed by atoms with van der Waals surface area (Å²) in [5.41, 5.74) is 0. The Balaban J connectivity index is 2.21. The third-order valence-electron chi connectivity index (χ3n) is 4.52. The Morgan fingerprint density at radius 3 is 2.33 bits per heavy atom. The highest BCUT2D eigenvalue weighted by atomic mass is 16.7. The van der Waals surface area contributed by atoms with Gasteiger partial charge in [0.05, 0.1) is 19.3 Å². The average Bonchev–Trinajstić information content (AvgIpc) is 2.61. The molecule has 9 atom stereocenters. The number of carboxylic acid groups (broad SMARTS) is 1. The molecule has 2 heterocycles. The van der Waals surface area contributed by atoms with Crippen LogP contribution in [0.2, 0.25) is 0 Å². The van der Waals surface area contributed by atoms with Gasteiger partial charge in [-0.1, -0.05) is 0 Å². The number of aliphatic hydroxyl groups excluding tert-OH is 4. The zero-order valence-corrected chi connectivity index (χ0v) is 14.8. The van der Waals surface area contributed by atoms with Crippen LogP contribution in [-0.4, -0.2) is 113 Å². The fourth-order valence-corrected chi connectivity index (χ4v) is 3.16. The minimum Gasteiger partial charge on any atom is -0.479 e. The molecule has 12 heteroatoms. The largest absolute Gasteiger partial charge is 0.479 e. The highest BCUT2D eigenvalue weighted by Crippen LogP contribution is 2.28. The second kappa shape index (κ2) is 9.21. The summed E-state index contributed by atoms with van der Waals surface area (Å²) < 4.78 is 20.9. The van der Waals surface area contributed by atoms with Crippen LogP contribution < -0.4 is 5.32 Å². The van der Waals surface area contributed by atoms with E-state index in [4.69, 9.17) is 18.9 Å². The number of aliphatic hydroxyl groups is 4. The normalized spacial score (nSPS) is 42.5. The summed E-state index contributed by atoms with van der Waals surface area (Å²) in [6, 6.07) is -0.864. The standard InChI is InChI=1S/C15H25NO11/c1-5(18)16-6-4-25-7(3-17)8(19)11(6)26-15-10(21)9(20)12(24-2)13(27-15)14(22)23/h6-13,15,17,19-21H,3-4H2,1-2H3,(H,16,18)(H,22,23)/t6-,7?,8?,9?,10?,11?,12?,13?,15?/m1/s1. The van der Waals surface area contributed by atoms with Crippen molar-refractivity contribution in [3.63, 3.8) is 0 Å². The van der Waals surface area contributed by atoms with E-state index >= 15 is 0 Å². The Morgan fingerprint density at radius 1 is 1.15 bits per heavy atom. The number of carbonyl (C=O) groups is 2. The number of methoxy groups -OCH3 is 1. The van der Waals surface area contributed by atoms with Crippen LogP contribution in [0.4, 0.5) is 0 Å². The first-order valence-electron chi connectivity index (χ1n) is 8.31. The van der Waals surface area contributed by atoms with Gasteiger partial charge in [-0.15, -0.1) is 0 Å². The topological polar surface area (TPSA) is 184 Å². The molecule has 8 unspecified atom stereocenters. The van der Waals surface area contributed by atoms with Gasteiger partial charge in [0.15, 0.2) is 12.4 Å². The fourth-order valence-electron chi connectivity index (χ4n) is 3.16. The smallest absolute Gasteiger partial charge is 0.335 e. The summed E-state index contributed by atoms with van der Waals surface area (Å²) in [5, 5.41) is 51.8. The summed E-state index contributed by atoms with van der Waals surface area (Å²) >= 11 is 0. The van der Waals surface area contributed by atoms with E-state index in [0.717, 1.165) is 7.11 Å². The van der Waals surface area contributed by atoms with E-state index in [0.29, 0.717) is 0 Å². The third kappa shape index (κ3) is 4.73. The van der Waals surface area contributed by atoms with Gasteiger partial charge in [0, 0.05) is 14.0 Å². The van der Waals surface area contributed by atoms with Crippen molar-refractivity contribution in [2.45, 2.75) is 62.0 Å². The molecule has 2 saturated heterocycles. The zero-order chi connectivity index (χ0) is 20.3. The van der Waals surface area contributed by atoms with E-state index in [1.54, 1.807) is 0 Å². The quantitative estimate of drug-likeness (QED) is 0.259. The second-order valence-corrected chi connectivity index (χ2v) is 6.40. The highest BCUT2D eigenvalue weighted by Gasteiger charge is 2.51. The molecule has 2 rings (SSSR count). The molecule has 0 aromatic rings. The van der Waals surface area contributed by atoms with Gasteiger partial charge in [-0.3, -0.25) is 4.79 Å². The Kier molecular flexibility index (Phi) is 7.47. The van der Waals surface area contributed by atoms with Gasteiger partial charge >= 0.3 is 5.97 Å². The molecule has 156 valence electrons. The number of carbonyl (C=O) groups excluding carboxylic acids is 1. The number of nitrogens with one attached hydrogen (secondary N) is 1. The third-order valence-corrected chi connectivity index (χ3v) is 4.52. The molecular formula is C15H25NO11. The lowest BCUT2D eigenvalue weighted by atomic mass is 9.96. The number of rotatable bonds is 6. The van der Waals surface area contributed by atoms with E-state index < -0.39 is 73.5 Å². The maximum Gasteiger partial charge on any atom is 0.335 e. The van der Waals surface area contributed by atoms with Crippen molar-refractivity contribution in [2.24, 2.45) is 0 Å². The number of ether oxygens (including phenoxy) is 4. The predicted octanol–water partition coefficient (Wildman–Crippen LogP) is -3.83. The molecule has 2 aliphatic rings. The van der Waals surface area contributed by atoms with Crippen molar-refractivity contribution in [1.82, 2.24) is 5.32 Å². The molecule has 2 aliphatic heterocycles. The van der Waals surface area contributed by atoms with Crippen molar-refractivity contribution in [1.29, 1.82) is 0 Å². The first-order chi connectivity index (χ1) is 12.7. The van der Waals surface area contributed by atoms with Gasteiger partial charge in [-0.2, -0.15) is 0 Å². The van der Waals surface area contributed by atoms with Crippen LogP contribution in [0.1, 0.15) is 6.92 Å². The van der Waals surface area contributed by atoms with Gasteiger partial charge in [0.25, 0.3) is 0 Å². The molecule has 2 fully saturated rings. The lowest BCUT2D eigenvalue weighted by molar-refractivity contribution is -0.324. The Morgan fingerprint density at radius 2 is 1.81 bits per heavy atom. The lowest BCUT2D eigenvalue weighted by Crippen LogP contribution is -2.65. The molecule has 0 saturated carbocycles. The molecule has 6 N–H and O–H groups in total. The van der Waals surface area contributed by atoms with E-state index in [1.807, 2.05) is 0 Å². The molecule has 0 aromatic carbocycles. The van der Waals surface area contributed by atoms with Crippen LogP contribution in [0.15, 0.2) is 0 Å². The van der Waals surface area contributed by atoms with E-state index in [1.165, 1.54) is 6.92 Å². The van der Waals surface area contributed by atoms with Gasteiger partial charge in [-0.05, 0) is 0 Å². The van der Waals surface area contributed by atoms with Crippen molar-refractivity contribution >= 4 is 11.9 Å². The highest BCUT2D eigenvalue weighted by molar-refractivity contribution is 5.73. The molecule has 0 radical (unpaired) electrons. The second-order valence-electron chi connectivity index (χ2n) is 6.40. The van der Waals surface area contributed by atoms with Crippen LogP contribution in [0.3, 0.4) is 0 Å². The van der Waals surface area contributed by atoms with Crippen LogP contribution in [-0.2, 0) is 28.5 Å². The monoisotopic (exact) mass is 395 g/mol. The summed E-state index contributed by atoms with van der Waals surface area (Å²) in [7, 11) is 1.15. The molecule has 27 heavy (non-hydrogen) atoms.